The number of hydrogen-bond acceptors (Lipinski definition) is 1. The predicted octanol–water partition coefficient (Wildman–Crippen LogP) is 2.55. The maximum absolute atomic E-state index is 13.1. The number of alkyl halides is 1. The molecule has 0 unspecified atom stereocenters. The van der Waals surface area contributed by atoms with Gasteiger partial charge in [0.2, 0.25) is 0 Å². The quantitative estimate of drug-likeness (QED) is 0.603. The van der Waals surface area contributed by atoms with Gasteiger partial charge < -0.3 is 4.74 Å². The Balaban J connectivity index is 2.43. The summed E-state index contributed by atoms with van der Waals surface area (Å²) < 4.78 is 18.6. The lowest BCUT2D eigenvalue weighted by Crippen LogP contribution is -2.17. The lowest BCUT2D eigenvalue weighted by atomic mass is 10.0. The molecule has 2 heteroatoms. The Labute approximate surface area is 67.9 Å². The van der Waals surface area contributed by atoms with E-state index >= 15 is 0 Å². The van der Waals surface area contributed by atoms with Gasteiger partial charge in [-0.25, -0.2) is 4.39 Å². The van der Waals surface area contributed by atoms with Crippen LogP contribution in [-0.2, 0) is 4.74 Å². The average Bonchev–Trinajstić information content (AvgIpc) is 2.31. The highest BCUT2D eigenvalue weighted by atomic mass is 19.1. The van der Waals surface area contributed by atoms with Gasteiger partial charge >= 0.3 is 0 Å². The van der Waals surface area contributed by atoms with Crippen LogP contribution in [0.4, 0.5) is 4.39 Å². The van der Waals surface area contributed by atoms with Crippen molar-refractivity contribution in [1.82, 2.24) is 0 Å². The van der Waals surface area contributed by atoms with Crippen LogP contribution in [0.25, 0.3) is 0 Å². The zero-order valence-electron chi connectivity index (χ0n) is 7.51. The van der Waals surface area contributed by atoms with Gasteiger partial charge in [0.15, 0.2) is 0 Å². The van der Waals surface area contributed by atoms with E-state index in [1.807, 2.05) is 6.92 Å². The molecule has 0 saturated carbocycles. The number of ether oxygens (including phenoxy) is 1. The molecule has 0 aromatic carbocycles. The summed E-state index contributed by atoms with van der Waals surface area (Å²) >= 11 is 0. The second-order valence-corrected chi connectivity index (χ2v) is 3.62. The third-order valence-corrected chi connectivity index (χ3v) is 2.36. The highest BCUT2D eigenvalue weighted by Gasteiger charge is 2.35. The van der Waals surface area contributed by atoms with E-state index in [2.05, 4.69) is 13.8 Å². The topological polar surface area (TPSA) is 9.23 Å². The van der Waals surface area contributed by atoms with Crippen molar-refractivity contribution in [2.24, 2.45) is 5.92 Å². The van der Waals surface area contributed by atoms with Crippen LogP contribution in [0.1, 0.15) is 33.6 Å². The van der Waals surface area contributed by atoms with E-state index in [4.69, 9.17) is 4.74 Å². The second kappa shape index (κ2) is 3.53. The first-order valence-electron chi connectivity index (χ1n) is 4.44. The molecular formula is C9H17FO. The summed E-state index contributed by atoms with van der Waals surface area (Å²) in [6.45, 7) is 6.13. The Morgan fingerprint density at radius 1 is 1.55 bits per heavy atom. The van der Waals surface area contributed by atoms with Crippen LogP contribution in [0, 0.1) is 5.92 Å². The molecule has 1 nitrogen and oxygen atoms in total. The van der Waals surface area contributed by atoms with Crippen LogP contribution in [0.2, 0.25) is 0 Å². The first-order chi connectivity index (χ1) is 5.15. The van der Waals surface area contributed by atoms with Gasteiger partial charge in [-0.3, -0.25) is 0 Å². The third-order valence-electron chi connectivity index (χ3n) is 2.36. The predicted molar refractivity (Wildman–Crippen MR) is 43.3 cm³/mol. The van der Waals surface area contributed by atoms with Gasteiger partial charge in [-0.05, 0) is 12.3 Å². The summed E-state index contributed by atoms with van der Waals surface area (Å²) in [6.07, 6.45) is 0.672. The van der Waals surface area contributed by atoms with Crippen LogP contribution in [0.3, 0.4) is 0 Å². The lowest BCUT2D eigenvalue weighted by Gasteiger charge is -2.14. The molecule has 66 valence electrons. The summed E-state index contributed by atoms with van der Waals surface area (Å²) in [7, 11) is 0. The van der Waals surface area contributed by atoms with Crippen molar-refractivity contribution in [3.05, 3.63) is 0 Å². The van der Waals surface area contributed by atoms with Crippen molar-refractivity contribution in [1.29, 1.82) is 0 Å². The molecular weight excluding hydrogens is 143 g/mol. The first-order valence-corrected chi connectivity index (χ1v) is 4.44. The fourth-order valence-electron chi connectivity index (χ4n) is 1.52. The van der Waals surface area contributed by atoms with Gasteiger partial charge in [0, 0.05) is 6.42 Å². The van der Waals surface area contributed by atoms with E-state index in [1.54, 1.807) is 0 Å². The molecule has 1 aliphatic heterocycles. The van der Waals surface area contributed by atoms with E-state index in [9.17, 15) is 4.39 Å². The molecule has 0 amide bonds. The fraction of sp³-hybridized carbons (Fsp3) is 1.00. The van der Waals surface area contributed by atoms with Crippen LogP contribution < -0.4 is 0 Å². The minimum atomic E-state index is -0.729. The molecule has 0 aromatic rings. The zero-order chi connectivity index (χ0) is 8.43. The van der Waals surface area contributed by atoms with Crippen LogP contribution >= 0.6 is 0 Å². The number of halogens is 1. The van der Waals surface area contributed by atoms with Crippen molar-refractivity contribution in [3.63, 3.8) is 0 Å². The Morgan fingerprint density at radius 2 is 2.18 bits per heavy atom. The molecule has 0 aromatic heterocycles. The average molecular weight is 160 g/mol. The normalized spacial score (nSPS) is 38.5. The van der Waals surface area contributed by atoms with Crippen molar-refractivity contribution < 1.29 is 9.13 Å². The van der Waals surface area contributed by atoms with Crippen molar-refractivity contribution in [2.75, 3.05) is 0 Å². The van der Waals surface area contributed by atoms with Crippen LogP contribution in [0.5, 0.6) is 0 Å². The molecule has 11 heavy (non-hydrogen) atoms. The molecule has 1 heterocycles. The Morgan fingerprint density at radius 3 is 2.45 bits per heavy atom. The Hall–Kier alpha value is -0.110. The largest absolute Gasteiger partial charge is 0.372 e. The van der Waals surface area contributed by atoms with E-state index < -0.39 is 6.17 Å². The van der Waals surface area contributed by atoms with Gasteiger partial charge in [0.05, 0.1) is 12.2 Å². The Kier molecular flexibility index (Phi) is 2.88. The van der Waals surface area contributed by atoms with E-state index in [0.717, 1.165) is 6.42 Å². The Bertz CT molecular complexity index is 125. The summed E-state index contributed by atoms with van der Waals surface area (Å²) in [5.41, 5.74) is 0. The third kappa shape index (κ3) is 1.92. The van der Waals surface area contributed by atoms with Crippen molar-refractivity contribution in [2.45, 2.75) is 52.0 Å². The van der Waals surface area contributed by atoms with Gasteiger partial charge in [-0.2, -0.15) is 0 Å². The minimum Gasteiger partial charge on any atom is -0.372 e. The van der Waals surface area contributed by atoms with Crippen molar-refractivity contribution in [3.8, 4) is 0 Å². The van der Waals surface area contributed by atoms with Gasteiger partial charge in [-0.15, -0.1) is 0 Å². The van der Waals surface area contributed by atoms with Crippen LogP contribution in [0.15, 0.2) is 0 Å². The SMILES string of the molecule is CC[C@@H]1O[C@H](C(C)C)C[C@@H]1F. The van der Waals surface area contributed by atoms with Gasteiger partial charge in [-0.1, -0.05) is 20.8 Å². The lowest BCUT2D eigenvalue weighted by molar-refractivity contribution is 0.00618. The van der Waals surface area contributed by atoms with E-state index in [-0.39, 0.29) is 12.2 Å². The van der Waals surface area contributed by atoms with Crippen LogP contribution in [-0.4, -0.2) is 18.4 Å². The molecule has 0 spiro atoms. The minimum absolute atomic E-state index is 0.137. The number of hydrogen-bond donors (Lipinski definition) is 0. The summed E-state index contributed by atoms with van der Waals surface area (Å²) in [5, 5.41) is 0. The second-order valence-electron chi connectivity index (χ2n) is 3.62. The molecule has 1 aliphatic rings. The molecule has 0 N–H and O–H groups in total. The highest BCUT2D eigenvalue weighted by molar-refractivity contribution is 4.82. The molecule has 0 bridgehead atoms. The molecule has 1 saturated heterocycles. The molecule has 0 radical (unpaired) electrons. The van der Waals surface area contributed by atoms with E-state index in [1.165, 1.54) is 0 Å². The first kappa shape index (κ1) is 8.98. The zero-order valence-corrected chi connectivity index (χ0v) is 7.51. The van der Waals surface area contributed by atoms with E-state index in [0.29, 0.717) is 12.3 Å². The smallest absolute Gasteiger partial charge is 0.129 e. The molecule has 3 atom stereocenters. The molecule has 1 fully saturated rings. The maximum Gasteiger partial charge on any atom is 0.129 e. The van der Waals surface area contributed by atoms with Gasteiger partial charge in [0.1, 0.15) is 6.17 Å². The molecule has 0 aliphatic carbocycles. The maximum atomic E-state index is 13.1. The number of rotatable bonds is 2. The summed E-state index contributed by atoms with van der Waals surface area (Å²) in [6, 6.07) is 0. The molecule has 1 rings (SSSR count). The van der Waals surface area contributed by atoms with Gasteiger partial charge in [0.25, 0.3) is 0 Å². The monoisotopic (exact) mass is 160 g/mol. The standard InChI is InChI=1S/C9H17FO/c1-4-8-7(10)5-9(11-8)6(2)3/h6-9H,4-5H2,1-3H3/t7-,8-,9-/m0/s1. The summed E-state index contributed by atoms with van der Waals surface area (Å²) in [4.78, 5) is 0. The van der Waals surface area contributed by atoms with Crippen molar-refractivity contribution >= 4 is 0 Å². The fourth-order valence-corrected chi connectivity index (χ4v) is 1.52. The summed E-state index contributed by atoms with van der Waals surface area (Å²) in [5.74, 6) is 0.449. The highest BCUT2D eigenvalue weighted by Crippen LogP contribution is 2.29.